The maximum Gasteiger partial charge on any atom is 0.280 e. The van der Waals surface area contributed by atoms with Gasteiger partial charge in [0.25, 0.3) is 5.69 Å². The monoisotopic (exact) mass is 229 g/mol. The number of fused-ring (bicyclic) bond motifs is 1. The first-order valence-electron chi connectivity index (χ1n) is 4.69. The molecule has 0 bridgehead atoms. The first-order valence-corrected chi connectivity index (χ1v) is 4.69. The molecule has 0 spiro atoms. The summed E-state index contributed by atoms with van der Waals surface area (Å²) in [4.78, 5) is 14.4. The molecule has 0 aliphatic carbocycles. The molecule has 0 fully saturated rings. The number of aromatic nitrogens is 1. The Morgan fingerprint density at radius 3 is 2.82 bits per heavy atom. The highest BCUT2D eigenvalue weighted by Crippen LogP contribution is 2.33. The van der Waals surface area contributed by atoms with Crippen LogP contribution in [-0.2, 0) is 0 Å². The Bertz CT molecular complexity index is 646. The molecule has 0 atom stereocenters. The number of nitro benzene ring substituents is 1. The summed E-state index contributed by atoms with van der Waals surface area (Å²) in [5.41, 5.74) is 0.381. The number of nitrogens with zero attached hydrogens (tertiary/aromatic N) is 3. The number of hydrogen-bond acceptors (Lipinski definition) is 5. The van der Waals surface area contributed by atoms with E-state index in [0.29, 0.717) is 11.3 Å². The van der Waals surface area contributed by atoms with E-state index < -0.39 is 4.92 Å². The van der Waals surface area contributed by atoms with E-state index in [4.69, 9.17) is 10.00 Å². The van der Waals surface area contributed by atoms with Crippen molar-refractivity contribution in [3.05, 3.63) is 40.1 Å². The Hall–Kier alpha value is -2.68. The van der Waals surface area contributed by atoms with Crippen LogP contribution in [-0.4, -0.2) is 17.0 Å². The molecule has 1 aromatic heterocycles. The first-order chi connectivity index (χ1) is 8.19. The zero-order chi connectivity index (χ0) is 12.4. The van der Waals surface area contributed by atoms with Crippen LogP contribution in [0.1, 0.15) is 5.56 Å². The number of pyridine rings is 1. The lowest BCUT2D eigenvalue weighted by molar-refractivity contribution is -0.383. The Morgan fingerprint density at radius 2 is 2.24 bits per heavy atom. The normalized spacial score (nSPS) is 9.88. The molecule has 2 rings (SSSR count). The summed E-state index contributed by atoms with van der Waals surface area (Å²) < 4.78 is 5.07. The molecule has 0 unspecified atom stereocenters. The largest absolute Gasteiger partial charge is 0.494 e. The predicted octanol–water partition coefficient (Wildman–Crippen LogP) is 2.02. The zero-order valence-electron chi connectivity index (χ0n) is 8.88. The van der Waals surface area contributed by atoms with Crippen molar-refractivity contribution in [1.29, 1.82) is 5.26 Å². The van der Waals surface area contributed by atoms with Gasteiger partial charge in [0, 0.05) is 12.3 Å². The van der Waals surface area contributed by atoms with Crippen LogP contribution in [0.5, 0.6) is 5.75 Å². The van der Waals surface area contributed by atoms with E-state index in [1.54, 1.807) is 0 Å². The van der Waals surface area contributed by atoms with Crippen LogP contribution in [0.2, 0.25) is 0 Å². The topological polar surface area (TPSA) is 89.0 Å². The maximum atomic E-state index is 10.9. The molecule has 1 heterocycles. The third kappa shape index (κ3) is 1.63. The van der Waals surface area contributed by atoms with Gasteiger partial charge in [0.2, 0.25) is 0 Å². The number of methoxy groups -OCH3 is 1. The number of non-ortho nitro benzene ring substituents is 1. The number of hydrogen-bond donors (Lipinski definition) is 0. The van der Waals surface area contributed by atoms with Gasteiger partial charge in [-0.05, 0) is 12.1 Å². The van der Waals surface area contributed by atoms with Crippen LogP contribution >= 0.6 is 0 Å². The fourth-order valence-corrected chi connectivity index (χ4v) is 1.63. The van der Waals surface area contributed by atoms with E-state index in [1.807, 2.05) is 6.07 Å². The van der Waals surface area contributed by atoms with Crippen LogP contribution in [0, 0.1) is 21.4 Å². The molecule has 2 aromatic rings. The second kappa shape index (κ2) is 4.06. The zero-order valence-corrected chi connectivity index (χ0v) is 8.88. The molecule has 0 aliphatic heterocycles. The predicted molar refractivity (Wildman–Crippen MR) is 59.7 cm³/mol. The van der Waals surface area contributed by atoms with Crippen molar-refractivity contribution < 1.29 is 9.66 Å². The summed E-state index contributed by atoms with van der Waals surface area (Å²) >= 11 is 0. The van der Waals surface area contributed by atoms with Crippen molar-refractivity contribution in [2.75, 3.05) is 7.11 Å². The smallest absolute Gasteiger partial charge is 0.280 e. The third-order valence-electron chi connectivity index (χ3n) is 2.37. The summed E-state index contributed by atoms with van der Waals surface area (Å²) in [6.07, 6.45) is 1.42. The first kappa shape index (κ1) is 10.8. The lowest BCUT2D eigenvalue weighted by atomic mass is 10.1. The Balaban J connectivity index is 2.97. The minimum atomic E-state index is -0.537. The van der Waals surface area contributed by atoms with Gasteiger partial charge >= 0.3 is 0 Å². The van der Waals surface area contributed by atoms with Gasteiger partial charge in [0.05, 0.1) is 23.0 Å². The van der Waals surface area contributed by atoms with E-state index in [2.05, 4.69) is 4.98 Å². The molecule has 0 N–H and O–H groups in total. The highest BCUT2D eigenvalue weighted by atomic mass is 16.6. The van der Waals surface area contributed by atoms with Crippen molar-refractivity contribution in [2.24, 2.45) is 0 Å². The van der Waals surface area contributed by atoms with Crippen molar-refractivity contribution in [1.82, 2.24) is 4.98 Å². The number of rotatable bonds is 2. The van der Waals surface area contributed by atoms with Crippen molar-refractivity contribution >= 4 is 16.6 Å². The van der Waals surface area contributed by atoms with Gasteiger partial charge in [0.15, 0.2) is 0 Å². The highest BCUT2D eigenvalue weighted by molar-refractivity contribution is 5.96. The second-order valence-corrected chi connectivity index (χ2v) is 3.24. The van der Waals surface area contributed by atoms with Crippen LogP contribution in [0.15, 0.2) is 24.4 Å². The number of ether oxygens (including phenoxy) is 1. The van der Waals surface area contributed by atoms with E-state index in [9.17, 15) is 10.1 Å². The molecule has 17 heavy (non-hydrogen) atoms. The van der Waals surface area contributed by atoms with Crippen LogP contribution in [0.25, 0.3) is 10.9 Å². The Morgan fingerprint density at radius 1 is 1.47 bits per heavy atom. The highest BCUT2D eigenvalue weighted by Gasteiger charge is 2.18. The van der Waals surface area contributed by atoms with E-state index in [0.717, 1.165) is 0 Å². The number of benzene rings is 1. The van der Waals surface area contributed by atoms with Crippen LogP contribution in [0.3, 0.4) is 0 Å². The molecule has 6 heteroatoms. The number of nitriles is 1. The average Bonchev–Trinajstić information content (AvgIpc) is 2.36. The molecule has 0 saturated carbocycles. The average molecular weight is 229 g/mol. The summed E-state index contributed by atoms with van der Waals surface area (Å²) in [6, 6.07) is 6.13. The minimum absolute atomic E-state index is 0.148. The van der Waals surface area contributed by atoms with E-state index in [1.165, 1.54) is 31.5 Å². The quantitative estimate of drug-likeness (QED) is 0.580. The van der Waals surface area contributed by atoms with Gasteiger partial charge < -0.3 is 4.74 Å². The molecule has 0 aliphatic rings. The fraction of sp³-hybridized carbons (Fsp3) is 0.0909. The lowest BCUT2D eigenvalue weighted by Gasteiger charge is -2.05. The molecular formula is C11H7N3O3. The van der Waals surface area contributed by atoms with Crippen molar-refractivity contribution in [3.8, 4) is 11.8 Å². The molecule has 0 saturated heterocycles. The molecule has 1 aromatic carbocycles. The van der Waals surface area contributed by atoms with Crippen molar-refractivity contribution in [3.63, 3.8) is 0 Å². The maximum absolute atomic E-state index is 10.9. The van der Waals surface area contributed by atoms with Gasteiger partial charge in [0.1, 0.15) is 17.3 Å². The Kier molecular flexibility index (Phi) is 2.58. The van der Waals surface area contributed by atoms with Gasteiger partial charge in [-0.15, -0.1) is 0 Å². The standard InChI is InChI=1S/C11H7N3O3/c1-17-9-3-2-8(14(15)16)10-7(6-12)4-5-13-11(9)10/h2-5H,1H3. The van der Waals surface area contributed by atoms with Crippen LogP contribution in [0.4, 0.5) is 5.69 Å². The summed E-state index contributed by atoms with van der Waals surface area (Å²) in [5.74, 6) is 0.405. The fourth-order valence-electron chi connectivity index (χ4n) is 1.63. The van der Waals surface area contributed by atoms with Crippen molar-refractivity contribution in [2.45, 2.75) is 0 Å². The molecule has 6 nitrogen and oxygen atoms in total. The second-order valence-electron chi connectivity index (χ2n) is 3.24. The van der Waals surface area contributed by atoms with E-state index in [-0.39, 0.29) is 16.6 Å². The van der Waals surface area contributed by atoms with Gasteiger partial charge in [-0.25, -0.2) is 0 Å². The lowest BCUT2D eigenvalue weighted by Crippen LogP contribution is -1.95. The molecular weight excluding hydrogens is 222 g/mol. The Labute approximate surface area is 96.2 Å². The summed E-state index contributed by atoms with van der Waals surface area (Å²) in [5, 5.41) is 20.1. The molecule has 0 amide bonds. The minimum Gasteiger partial charge on any atom is -0.494 e. The van der Waals surface area contributed by atoms with Crippen LogP contribution < -0.4 is 4.74 Å². The molecule has 84 valence electrons. The molecule has 0 radical (unpaired) electrons. The number of nitro groups is 1. The third-order valence-corrected chi connectivity index (χ3v) is 2.37. The van der Waals surface area contributed by atoms with Gasteiger partial charge in [-0.1, -0.05) is 0 Å². The van der Waals surface area contributed by atoms with E-state index >= 15 is 0 Å². The van der Waals surface area contributed by atoms with Gasteiger partial charge in [-0.2, -0.15) is 5.26 Å². The van der Waals surface area contributed by atoms with Gasteiger partial charge in [-0.3, -0.25) is 15.1 Å². The summed E-state index contributed by atoms with van der Waals surface area (Å²) in [6.45, 7) is 0. The summed E-state index contributed by atoms with van der Waals surface area (Å²) in [7, 11) is 1.45. The SMILES string of the molecule is COc1ccc([N+](=O)[O-])c2c(C#N)ccnc12.